The Bertz CT molecular complexity index is 1400. The second-order valence-electron chi connectivity index (χ2n) is 7.67. The van der Waals surface area contributed by atoms with E-state index in [4.69, 9.17) is 4.98 Å². The topological polar surface area (TPSA) is 90.5 Å². The van der Waals surface area contributed by atoms with E-state index in [0.29, 0.717) is 31.0 Å². The van der Waals surface area contributed by atoms with Crippen LogP contribution < -0.4 is 5.32 Å². The van der Waals surface area contributed by atoms with E-state index in [-0.39, 0.29) is 5.91 Å². The molecule has 0 aliphatic carbocycles. The molecular weight excluding hydrogens is 414 g/mol. The number of hydrogen-bond donors (Lipinski definition) is 1. The van der Waals surface area contributed by atoms with Crippen molar-refractivity contribution in [2.45, 2.75) is 26.6 Å². The zero-order chi connectivity index (χ0) is 22.6. The van der Waals surface area contributed by atoms with E-state index in [0.717, 1.165) is 22.4 Å². The lowest BCUT2D eigenvalue weighted by molar-refractivity contribution is 0.0949. The Morgan fingerprint density at radius 3 is 2.64 bits per heavy atom. The number of tetrazole rings is 1. The number of rotatable bonds is 7. The Labute approximate surface area is 190 Å². The molecule has 0 fully saturated rings. The van der Waals surface area contributed by atoms with Gasteiger partial charge in [-0.15, -0.1) is 5.10 Å². The van der Waals surface area contributed by atoms with Gasteiger partial charge >= 0.3 is 0 Å². The minimum Gasteiger partial charge on any atom is -0.345 e. The Hall–Kier alpha value is -4.33. The standard InChI is InChI=1S/C25H23N7O/c1-2-32-24(28-29-30-32)19-11-8-12-20(15-19)25(33)26-16-23-27-21-13-6-7-14-22(21)31(23)17-18-9-4-3-5-10-18/h3-15H,2,16-17H2,1H3,(H,26,33). The number of imidazole rings is 1. The van der Waals surface area contributed by atoms with Gasteiger partial charge in [0.05, 0.1) is 17.6 Å². The largest absolute Gasteiger partial charge is 0.345 e. The van der Waals surface area contributed by atoms with E-state index in [1.165, 1.54) is 5.56 Å². The predicted molar refractivity (Wildman–Crippen MR) is 125 cm³/mol. The van der Waals surface area contributed by atoms with Crippen molar-refractivity contribution in [3.05, 3.63) is 95.8 Å². The SMILES string of the molecule is CCn1nnnc1-c1cccc(C(=O)NCc2nc3ccccc3n2Cc2ccccc2)c1. The van der Waals surface area contributed by atoms with Crippen LogP contribution in [0.25, 0.3) is 22.4 Å². The first-order chi connectivity index (χ1) is 16.2. The van der Waals surface area contributed by atoms with E-state index < -0.39 is 0 Å². The summed E-state index contributed by atoms with van der Waals surface area (Å²) in [7, 11) is 0. The van der Waals surface area contributed by atoms with Gasteiger partial charge < -0.3 is 9.88 Å². The average Bonchev–Trinajstić information content (AvgIpc) is 3.48. The van der Waals surface area contributed by atoms with Crippen molar-refractivity contribution in [1.29, 1.82) is 0 Å². The maximum Gasteiger partial charge on any atom is 0.251 e. The molecule has 0 aliphatic rings. The summed E-state index contributed by atoms with van der Waals surface area (Å²) in [6, 6.07) is 25.6. The summed E-state index contributed by atoms with van der Waals surface area (Å²) in [5.74, 6) is 1.27. The predicted octanol–water partition coefficient (Wildman–Crippen LogP) is 3.69. The fourth-order valence-electron chi connectivity index (χ4n) is 3.89. The summed E-state index contributed by atoms with van der Waals surface area (Å²) in [5, 5.41) is 14.8. The molecule has 5 aromatic rings. The number of carbonyl (C=O) groups excluding carboxylic acids is 1. The van der Waals surface area contributed by atoms with Crippen LogP contribution in [0.1, 0.15) is 28.7 Å². The van der Waals surface area contributed by atoms with Gasteiger partial charge in [-0.2, -0.15) is 0 Å². The van der Waals surface area contributed by atoms with Gasteiger partial charge in [0.15, 0.2) is 5.82 Å². The normalized spacial score (nSPS) is 11.1. The van der Waals surface area contributed by atoms with Crippen LogP contribution in [-0.4, -0.2) is 35.7 Å². The van der Waals surface area contributed by atoms with Crippen LogP contribution in [0.2, 0.25) is 0 Å². The third-order valence-corrected chi connectivity index (χ3v) is 5.54. The molecule has 8 heteroatoms. The molecule has 8 nitrogen and oxygen atoms in total. The number of nitrogens with one attached hydrogen (secondary N) is 1. The molecule has 0 radical (unpaired) electrons. The third kappa shape index (κ3) is 4.23. The number of carbonyl (C=O) groups is 1. The lowest BCUT2D eigenvalue weighted by Crippen LogP contribution is -2.25. The van der Waals surface area contributed by atoms with Crippen LogP contribution in [0.4, 0.5) is 0 Å². The van der Waals surface area contributed by atoms with Crippen molar-refractivity contribution in [2.75, 3.05) is 0 Å². The van der Waals surface area contributed by atoms with Crippen molar-refractivity contribution in [1.82, 2.24) is 35.1 Å². The molecule has 0 aliphatic heterocycles. The average molecular weight is 438 g/mol. The molecule has 1 amide bonds. The molecule has 5 rings (SSSR count). The zero-order valence-corrected chi connectivity index (χ0v) is 18.2. The first kappa shape index (κ1) is 20.6. The molecule has 2 aromatic heterocycles. The van der Waals surface area contributed by atoms with Crippen LogP contribution in [0.5, 0.6) is 0 Å². The summed E-state index contributed by atoms with van der Waals surface area (Å²) >= 11 is 0. The Morgan fingerprint density at radius 1 is 0.970 bits per heavy atom. The van der Waals surface area contributed by atoms with Gasteiger partial charge in [0.25, 0.3) is 5.91 Å². The molecule has 2 heterocycles. The highest BCUT2D eigenvalue weighted by Gasteiger charge is 2.14. The second-order valence-corrected chi connectivity index (χ2v) is 7.67. The van der Waals surface area contributed by atoms with E-state index >= 15 is 0 Å². The van der Waals surface area contributed by atoms with Crippen molar-refractivity contribution < 1.29 is 4.79 Å². The third-order valence-electron chi connectivity index (χ3n) is 5.54. The number of para-hydroxylation sites is 2. The number of fused-ring (bicyclic) bond motifs is 1. The second kappa shape index (κ2) is 9.04. The Morgan fingerprint density at radius 2 is 1.79 bits per heavy atom. The molecule has 0 atom stereocenters. The fourth-order valence-corrected chi connectivity index (χ4v) is 3.89. The van der Waals surface area contributed by atoms with Crippen molar-refractivity contribution in [2.24, 2.45) is 0 Å². The number of aromatic nitrogens is 6. The monoisotopic (exact) mass is 437 g/mol. The summed E-state index contributed by atoms with van der Waals surface area (Å²) in [6.07, 6.45) is 0. The van der Waals surface area contributed by atoms with Gasteiger partial charge in [0.2, 0.25) is 0 Å². The van der Waals surface area contributed by atoms with Crippen LogP contribution in [0.15, 0.2) is 78.9 Å². The summed E-state index contributed by atoms with van der Waals surface area (Å²) in [4.78, 5) is 17.7. The number of aryl methyl sites for hydroxylation is 1. The van der Waals surface area contributed by atoms with Gasteiger partial charge in [-0.25, -0.2) is 9.67 Å². The van der Waals surface area contributed by atoms with Gasteiger partial charge in [0, 0.05) is 24.2 Å². The lowest BCUT2D eigenvalue weighted by atomic mass is 10.1. The van der Waals surface area contributed by atoms with E-state index in [9.17, 15) is 4.79 Å². The van der Waals surface area contributed by atoms with Crippen LogP contribution in [0.3, 0.4) is 0 Å². The summed E-state index contributed by atoms with van der Waals surface area (Å²) in [6.45, 7) is 3.62. The van der Waals surface area contributed by atoms with Gasteiger partial charge in [-0.1, -0.05) is 54.6 Å². The molecule has 0 saturated heterocycles. The van der Waals surface area contributed by atoms with Crippen molar-refractivity contribution >= 4 is 16.9 Å². The Kier molecular flexibility index (Phi) is 5.63. The number of amides is 1. The van der Waals surface area contributed by atoms with Crippen LogP contribution in [-0.2, 0) is 19.6 Å². The number of hydrogen-bond acceptors (Lipinski definition) is 5. The highest BCUT2D eigenvalue weighted by atomic mass is 16.1. The Balaban J connectivity index is 1.38. The zero-order valence-electron chi connectivity index (χ0n) is 18.2. The maximum absolute atomic E-state index is 13.0. The molecule has 33 heavy (non-hydrogen) atoms. The molecule has 0 bridgehead atoms. The van der Waals surface area contributed by atoms with Gasteiger partial charge in [-0.3, -0.25) is 4.79 Å². The van der Waals surface area contributed by atoms with Crippen LogP contribution in [0, 0.1) is 0 Å². The molecule has 164 valence electrons. The molecule has 0 saturated carbocycles. The quantitative estimate of drug-likeness (QED) is 0.419. The molecule has 1 N–H and O–H groups in total. The first-order valence-electron chi connectivity index (χ1n) is 10.9. The lowest BCUT2D eigenvalue weighted by Gasteiger charge is -2.11. The first-order valence-corrected chi connectivity index (χ1v) is 10.9. The van der Waals surface area contributed by atoms with Crippen molar-refractivity contribution in [3.8, 4) is 11.4 Å². The number of benzene rings is 3. The van der Waals surface area contributed by atoms with E-state index in [1.54, 1.807) is 16.8 Å². The number of nitrogens with zero attached hydrogens (tertiary/aromatic N) is 6. The molecular formula is C25H23N7O. The van der Waals surface area contributed by atoms with Gasteiger partial charge in [-0.05, 0) is 47.2 Å². The minimum atomic E-state index is -0.175. The minimum absolute atomic E-state index is 0.175. The summed E-state index contributed by atoms with van der Waals surface area (Å²) in [5.41, 5.74) is 4.47. The maximum atomic E-state index is 13.0. The summed E-state index contributed by atoms with van der Waals surface area (Å²) < 4.78 is 3.85. The van der Waals surface area contributed by atoms with Crippen LogP contribution >= 0.6 is 0 Å². The van der Waals surface area contributed by atoms with E-state index in [1.807, 2.05) is 55.5 Å². The van der Waals surface area contributed by atoms with E-state index in [2.05, 4.69) is 43.6 Å². The highest BCUT2D eigenvalue weighted by Crippen LogP contribution is 2.19. The van der Waals surface area contributed by atoms with Gasteiger partial charge in [0.1, 0.15) is 5.82 Å². The molecule has 0 unspecified atom stereocenters. The molecule has 0 spiro atoms. The highest BCUT2D eigenvalue weighted by molar-refractivity contribution is 5.95. The fraction of sp³-hybridized carbons (Fsp3) is 0.160. The van der Waals surface area contributed by atoms with Crippen molar-refractivity contribution in [3.63, 3.8) is 0 Å². The smallest absolute Gasteiger partial charge is 0.251 e. The molecule has 3 aromatic carbocycles.